The zero-order chi connectivity index (χ0) is 15.4. The zero-order valence-electron chi connectivity index (χ0n) is 12.7. The molecule has 22 heavy (non-hydrogen) atoms. The summed E-state index contributed by atoms with van der Waals surface area (Å²) in [5.41, 5.74) is 2.83. The molecule has 5 nitrogen and oxygen atoms in total. The van der Waals surface area contributed by atoms with Crippen molar-refractivity contribution in [2.45, 2.75) is 25.8 Å². The van der Waals surface area contributed by atoms with Crippen LogP contribution in [-0.2, 0) is 0 Å². The quantitative estimate of drug-likeness (QED) is 0.938. The van der Waals surface area contributed by atoms with E-state index in [9.17, 15) is 0 Å². The summed E-state index contributed by atoms with van der Waals surface area (Å²) in [4.78, 5) is 10.7. The summed E-state index contributed by atoms with van der Waals surface area (Å²) < 4.78 is 0. The number of nitriles is 1. The first-order valence-corrected chi connectivity index (χ1v) is 7.60. The van der Waals surface area contributed by atoms with E-state index in [4.69, 9.17) is 5.26 Å². The molecule has 112 valence electrons. The Morgan fingerprint density at radius 1 is 1.23 bits per heavy atom. The second kappa shape index (κ2) is 6.44. The Morgan fingerprint density at radius 2 is 2.05 bits per heavy atom. The third kappa shape index (κ3) is 3.17. The van der Waals surface area contributed by atoms with Gasteiger partial charge in [-0.2, -0.15) is 5.26 Å². The van der Waals surface area contributed by atoms with Gasteiger partial charge in [-0.05, 0) is 37.5 Å². The Kier molecular flexibility index (Phi) is 4.19. The molecule has 1 aliphatic heterocycles. The fourth-order valence-corrected chi connectivity index (χ4v) is 2.73. The standard InChI is InChI=1S/C17H19N5/c1-13(21-17-12-19-15(10-18)11-20-17)14-5-4-6-16(9-14)22-7-2-3-8-22/h4-6,9,11-13H,2-3,7-8H2,1H3,(H,20,21). The number of nitrogens with one attached hydrogen (secondary N) is 1. The van der Waals surface area contributed by atoms with Gasteiger partial charge < -0.3 is 10.2 Å². The molecule has 1 aliphatic rings. The molecule has 0 amide bonds. The van der Waals surface area contributed by atoms with Gasteiger partial charge in [-0.3, -0.25) is 0 Å². The lowest BCUT2D eigenvalue weighted by Crippen LogP contribution is -2.18. The summed E-state index contributed by atoms with van der Waals surface area (Å²) in [6.45, 7) is 4.39. The molecule has 1 N–H and O–H groups in total. The smallest absolute Gasteiger partial charge is 0.158 e. The van der Waals surface area contributed by atoms with Crippen molar-refractivity contribution < 1.29 is 0 Å². The zero-order valence-corrected chi connectivity index (χ0v) is 12.7. The maximum absolute atomic E-state index is 8.75. The van der Waals surface area contributed by atoms with Crippen molar-refractivity contribution in [2.75, 3.05) is 23.3 Å². The fourth-order valence-electron chi connectivity index (χ4n) is 2.73. The van der Waals surface area contributed by atoms with E-state index in [0.717, 1.165) is 13.1 Å². The van der Waals surface area contributed by atoms with Gasteiger partial charge in [0.15, 0.2) is 5.69 Å². The molecular formula is C17H19N5. The molecule has 0 radical (unpaired) electrons. The third-order valence-electron chi connectivity index (χ3n) is 3.97. The highest BCUT2D eigenvalue weighted by Gasteiger charge is 2.14. The number of nitrogens with zero attached hydrogens (tertiary/aromatic N) is 4. The van der Waals surface area contributed by atoms with Crippen LogP contribution in [-0.4, -0.2) is 23.1 Å². The van der Waals surface area contributed by atoms with E-state index in [1.54, 1.807) is 6.20 Å². The molecule has 3 rings (SSSR count). The van der Waals surface area contributed by atoms with Crippen LogP contribution in [0.25, 0.3) is 0 Å². The van der Waals surface area contributed by atoms with Crippen LogP contribution in [0, 0.1) is 11.3 Å². The molecule has 1 aromatic heterocycles. The van der Waals surface area contributed by atoms with Crippen molar-refractivity contribution in [1.29, 1.82) is 5.26 Å². The van der Waals surface area contributed by atoms with Crippen LogP contribution in [0.4, 0.5) is 11.5 Å². The molecule has 0 aliphatic carbocycles. The normalized spacial score (nSPS) is 15.4. The Balaban J connectivity index is 1.72. The van der Waals surface area contributed by atoms with Crippen LogP contribution in [0.2, 0.25) is 0 Å². The molecule has 1 fully saturated rings. The van der Waals surface area contributed by atoms with Gasteiger partial charge in [0.2, 0.25) is 0 Å². The Hall–Kier alpha value is -2.61. The first kappa shape index (κ1) is 14.3. The van der Waals surface area contributed by atoms with Gasteiger partial charge in [0.25, 0.3) is 0 Å². The van der Waals surface area contributed by atoms with Crippen LogP contribution in [0.1, 0.15) is 37.1 Å². The van der Waals surface area contributed by atoms with Gasteiger partial charge >= 0.3 is 0 Å². The second-order valence-electron chi connectivity index (χ2n) is 5.55. The SMILES string of the molecule is CC(Nc1cnc(C#N)cn1)c1cccc(N2CCCC2)c1. The minimum absolute atomic E-state index is 0.129. The number of hydrogen-bond acceptors (Lipinski definition) is 5. The predicted molar refractivity (Wildman–Crippen MR) is 86.7 cm³/mol. The Labute approximate surface area is 130 Å². The third-order valence-corrected chi connectivity index (χ3v) is 3.97. The monoisotopic (exact) mass is 293 g/mol. The lowest BCUT2D eigenvalue weighted by molar-refractivity contribution is 0.866. The largest absolute Gasteiger partial charge is 0.372 e. The number of rotatable bonds is 4. The predicted octanol–water partition coefficient (Wildman–Crippen LogP) is 3.12. The Morgan fingerprint density at radius 3 is 2.73 bits per heavy atom. The summed E-state index contributed by atoms with van der Waals surface area (Å²) in [5, 5.41) is 12.1. The second-order valence-corrected chi connectivity index (χ2v) is 5.55. The Bertz CT molecular complexity index is 668. The van der Waals surface area contributed by atoms with Crippen molar-refractivity contribution in [3.8, 4) is 6.07 Å². The van der Waals surface area contributed by atoms with Gasteiger partial charge in [0.05, 0.1) is 18.4 Å². The van der Waals surface area contributed by atoms with E-state index in [1.165, 1.54) is 30.3 Å². The average Bonchev–Trinajstić information content (AvgIpc) is 3.10. The molecule has 0 bridgehead atoms. The minimum Gasteiger partial charge on any atom is -0.372 e. The van der Waals surface area contributed by atoms with E-state index in [2.05, 4.69) is 51.4 Å². The highest BCUT2D eigenvalue weighted by Crippen LogP contribution is 2.25. The summed E-state index contributed by atoms with van der Waals surface area (Å²) >= 11 is 0. The van der Waals surface area contributed by atoms with Crippen LogP contribution in [0.3, 0.4) is 0 Å². The van der Waals surface area contributed by atoms with E-state index in [-0.39, 0.29) is 6.04 Å². The van der Waals surface area contributed by atoms with E-state index >= 15 is 0 Å². The lowest BCUT2D eigenvalue weighted by Gasteiger charge is -2.21. The molecule has 0 spiro atoms. The number of aromatic nitrogens is 2. The maximum Gasteiger partial charge on any atom is 0.158 e. The molecule has 0 saturated carbocycles. The van der Waals surface area contributed by atoms with E-state index < -0.39 is 0 Å². The molecule has 1 atom stereocenters. The highest BCUT2D eigenvalue weighted by atomic mass is 15.1. The molecular weight excluding hydrogens is 274 g/mol. The summed E-state index contributed by atoms with van der Waals surface area (Å²) in [7, 11) is 0. The van der Waals surface area contributed by atoms with Gasteiger partial charge in [-0.15, -0.1) is 0 Å². The van der Waals surface area contributed by atoms with Crippen LogP contribution in [0.15, 0.2) is 36.7 Å². The minimum atomic E-state index is 0.129. The van der Waals surface area contributed by atoms with Crippen LogP contribution >= 0.6 is 0 Å². The van der Waals surface area contributed by atoms with Crippen molar-refractivity contribution in [2.24, 2.45) is 0 Å². The summed E-state index contributed by atoms with van der Waals surface area (Å²) in [6.07, 6.45) is 5.63. The molecule has 5 heteroatoms. The lowest BCUT2D eigenvalue weighted by atomic mass is 10.1. The topological polar surface area (TPSA) is 64.8 Å². The molecule has 1 aromatic carbocycles. The van der Waals surface area contributed by atoms with Crippen molar-refractivity contribution in [3.63, 3.8) is 0 Å². The molecule has 1 saturated heterocycles. The van der Waals surface area contributed by atoms with Crippen LogP contribution in [0.5, 0.6) is 0 Å². The van der Waals surface area contributed by atoms with Crippen molar-refractivity contribution >= 4 is 11.5 Å². The summed E-state index contributed by atoms with van der Waals surface area (Å²) in [6, 6.07) is 10.7. The molecule has 2 aromatic rings. The van der Waals surface area contributed by atoms with Gasteiger partial charge in [-0.1, -0.05) is 12.1 Å². The average molecular weight is 293 g/mol. The molecule has 2 heterocycles. The van der Waals surface area contributed by atoms with Crippen molar-refractivity contribution in [3.05, 3.63) is 47.9 Å². The van der Waals surface area contributed by atoms with E-state index in [0.29, 0.717) is 11.5 Å². The van der Waals surface area contributed by atoms with Gasteiger partial charge in [0, 0.05) is 18.8 Å². The maximum atomic E-state index is 8.75. The fraction of sp³-hybridized carbons (Fsp3) is 0.353. The number of anilines is 2. The van der Waals surface area contributed by atoms with Gasteiger partial charge in [0.1, 0.15) is 11.9 Å². The first-order chi connectivity index (χ1) is 10.8. The van der Waals surface area contributed by atoms with E-state index in [1.807, 2.05) is 6.07 Å². The number of benzene rings is 1. The summed E-state index contributed by atoms with van der Waals surface area (Å²) in [5.74, 6) is 0.679. The van der Waals surface area contributed by atoms with Crippen molar-refractivity contribution in [1.82, 2.24) is 9.97 Å². The van der Waals surface area contributed by atoms with Gasteiger partial charge in [-0.25, -0.2) is 9.97 Å². The highest BCUT2D eigenvalue weighted by molar-refractivity contribution is 5.51. The number of hydrogen-bond donors (Lipinski definition) is 1. The van der Waals surface area contributed by atoms with Crippen LogP contribution < -0.4 is 10.2 Å². The molecule has 1 unspecified atom stereocenters. The first-order valence-electron chi connectivity index (χ1n) is 7.60.